The first-order chi connectivity index (χ1) is 15.4. The van der Waals surface area contributed by atoms with Gasteiger partial charge in [-0.1, -0.05) is 36.4 Å². The van der Waals surface area contributed by atoms with Gasteiger partial charge in [0.1, 0.15) is 6.04 Å². The van der Waals surface area contributed by atoms with Crippen LogP contribution in [0.15, 0.2) is 48.5 Å². The Kier molecular flexibility index (Phi) is 4.89. The third-order valence-corrected chi connectivity index (χ3v) is 6.50. The molecule has 4 aromatic rings. The largest absolute Gasteiger partial charge is 0.368 e. The van der Waals surface area contributed by atoms with E-state index in [-0.39, 0.29) is 12.3 Å². The van der Waals surface area contributed by atoms with Gasteiger partial charge in [0.15, 0.2) is 5.65 Å². The van der Waals surface area contributed by atoms with Crippen LogP contribution in [0.3, 0.4) is 0 Å². The summed E-state index contributed by atoms with van der Waals surface area (Å²) in [5.74, 6) is -0.542. The molecule has 1 aliphatic heterocycles. The molecule has 1 atom stereocenters. The van der Waals surface area contributed by atoms with Gasteiger partial charge in [-0.05, 0) is 49.1 Å². The average Bonchev–Trinajstić information content (AvgIpc) is 3.16. The molecule has 0 radical (unpaired) electrons. The fourth-order valence-electron chi connectivity index (χ4n) is 4.75. The van der Waals surface area contributed by atoms with E-state index in [0.29, 0.717) is 19.4 Å². The van der Waals surface area contributed by atoms with Crippen molar-refractivity contribution in [2.24, 2.45) is 5.73 Å². The lowest BCUT2D eigenvalue weighted by Crippen LogP contribution is -2.51. The van der Waals surface area contributed by atoms with Crippen LogP contribution in [0.25, 0.3) is 16.6 Å². The summed E-state index contributed by atoms with van der Waals surface area (Å²) in [7, 11) is 0. The number of nitrogens with two attached hydrogens (primary N) is 1. The first-order valence-electron chi connectivity index (χ1n) is 10.8. The molecular formula is C25H25N5O2. The first-order valence-corrected chi connectivity index (χ1v) is 10.8. The van der Waals surface area contributed by atoms with Crippen molar-refractivity contribution in [1.82, 2.24) is 19.5 Å². The molecule has 0 saturated heterocycles. The molecule has 0 bridgehead atoms. The van der Waals surface area contributed by atoms with Gasteiger partial charge < -0.3 is 10.6 Å². The number of hydrogen-bond donors (Lipinski definition) is 1. The molecule has 2 aromatic carbocycles. The summed E-state index contributed by atoms with van der Waals surface area (Å²) in [5.41, 5.74) is 12.4. The number of aromatic nitrogens is 3. The average molecular weight is 428 g/mol. The third-order valence-electron chi connectivity index (χ3n) is 6.50. The van der Waals surface area contributed by atoms with Crippen molar-refractivity contribution in [1.29, 1.82) is 0 Å². The van der Waals surface area contributed by atoms with Crippen LogP contribution in [0, 0.1) is 13.8 Å². The molecule has 7 nitrogen and oxygen atoms in total. The number of aryl methyl sites for hydroxylation is 2. The van der Waals surface area contributed by atoms with E-state index in [9.17, 15) is 9.59 Å². The molecule has 7 heteroatoms. The van der Waals surface area contributed by atoms with Gasteiger partial charge in [0.05, 0.1) is 5.52 Å². The van der Waals surface area contributed by atoms with Gasteiger partial charge in [-0.3, -0.25) is 9.59 Å². The predicted octanol–water partition coefficient (Wildman–Crippen LogP) is 2.87. The molecule has 2 aromatic heterocycles. The smallest absolute Gasteiger partial charge is 0.240 e. The number of nitrogens with zero attached hydrogens (tertiary/aromatic N) is 4. The molecule has 5 rings (SSSR count). The minimum Gasteiger partial charge on any atom is -0.368 e. The predicted molar refractivity (Wildman–Crippen MR) is 122 cm³/mol. The summed E-state index contributed by atoms with van der Waals surface area (Å²) in [4.78, 5) is 31.7. The molecule has 1 aliphatic rings. The zero-order valence-corrected chi connectivity index (χ0v) is 18.2. The van der Waals surface area contributed by atoms with Crippen LogP contribution in [-0.2, 0) is 29.0 Å². The van der Waals surface area contributed by atoms with Crippen LogP contribution < -0.4 is 5.73 Å². The van der Waals surface area contributed by atoms with E-state index in [1.54, 1.807) is 4.90 Å². The Labute approximate surface area is 185 Å². The van der Waals surface area contributed by atoms with Crippen molar-refractivity contribution in [2.45, 2.75) is 45.7 Å². The van der Waals surface area contributed by atoms with E-state index in [1.165, 1.54) is 0 Å². The second-order valence-electron chi connectivity index (χ2n) is 8.43. The number of carbonyl (C=O) groups excluding carboxylic acids is 2. The lowest BCUT2D eigenvalue weighted by atomic mass is 9.93. The number of hydrogen-bond acceptors (Lipinski definition) is 4. The van der Waals surface area contributed by atoms with Crippen molar-refractivity contribution in [3.8, 4) is 0 Å². The molecule has 0 unspecified atom stereocenters. The molecular weight excluding hydrogens is 402 g/mol. The minimum atomic E-state index is -0.614. The zero-order chi connectivity index (χ0) is 22.4. The van der Waals surface area contributed by atoms with E-state index in [2.05, 4.69) is 0 Å². The highest BCUT2D eigenvalue weighted by Crippen LogP contribution is 2.26. The molecule has 32 heavy (non-hydrogen) atoms. The molecule has 0 spiro atoms. The molecule has 2 amide bonds. The molecule has 162 valence electrons. The number of primary amides is 1. The van der Waals surface area contributed by atoms with Crippen LogP contribution in [-0.4, -0.2) is 37.4 Å². The van der Waals surface area contributed by atoms with E-state index in [1.807, 2.05) is 66.9 Å². The van der Waals surface area contributed by atoms with Gasteiger partial charge in [-0.2, -0.15) is 5.10 Å². The lowest BCUT2D eigenvalue weighted by molar-refractivity contribution is -0.140. The van der Waals surface area contributed by atoms with Crippen molar-refractivity contribution in [3.05, 3.63) is 76.6 Å². The van der Waals surface area contributed by atoms with Gasteiger partial charge in [0, 0.05) is 36.2 Å². The number of rotatable bonds is 4. The maximum atomic E-state index is 13.2. The monoisotopic (exact) mass is 427 g/mol. The maximum Gasteiger partial charge on any atom is 0.240 e. The Bertz CT molecular complexity index is 1370. The quantitative estimate of drug-likeness (QED) is 0.542. The molecule has 0 saturated carbocycles. The Morgan fingerprint density at radius 3 is 2.56 bits per heavy atom. The van der Waals surface area contributed by atoms with E-state index in [4.69, 9.17) is 15.8 Å². The van der Waals surface area contributed by atoms with Gasteiger partial charge in [0.25, 0.3) is 0 Å². The van der Waals surface area contributed by atoms with Gasteiger partial charge >= 0.3 is 0 Å². The van der Waals surface area contributed by atoms with Crippen molar-refractivity contribution in [3.63, 3.8) is 0 Å². The summed E-state index contributed by atoms with van der Waals surface area (Å²) in [6, 6.07) is 15.2. The fraction of sp³-hybridized carbons (Fsp3) is 0.280. The molecule has 2 N–H and O–H groups in total. The highest BCUT2D eigenvalue weighted by Gasteiger charge is 2.33. The summed E-state index contributed by atoms with van der Waals surface area (Å²) < 4.78 is 1.86. The SMILES string of the molecule is Cc1nc2c3ccccc3nn2c(C)c1CCC(=O)N1Cc2ccccc2C[C@@H]1C(N)=O. The lowest BCUT2D eigenvalue weighted by Gasteiger charge is -2.35. The molecule has 0 fully saturated rings. The Morgan fingerprint density at radius 2 is 1.78 bits per heavy atom. The Balaban J connectivity index is 1.42. The van der Waals surface area contributed by atoms with Crippen LogP contribution in [0.1, 0.15) is 34.5 Å². The van der Waals surface area contributed by atoms with Crippen molar-refractivity contribution in [2.75, 3.05) is 0 Å². The third kappa shape index (κ3) is 3.30. The topological polar surface area (TPSA) is 93.6 Å². The highest BCUT2D eigenvalue weighted by atomic mass is 16.2. The standard InChI is InChI=1S/C25H25N5O2/c1-15-19(16(2)30-25(27-15)20-9-5-6-10-21(20)28-30)11-12-23(31)29-14-18-8-4-3-7-17(18)13-22(29)24(26)32/h3-10,22H,11-14H2,1-2H3,(H2,26,32)/t22-/m1/s1. The number of amides is 2. The van der Waals surface area contributed by atoms with Crippen LogP contribution in [0.4, 0.5) is 0 Å². The zero-order valence-electron chi connectivity index (χ0n) is 18.2. The maximum absolute atomic E-state index is 13.2. The Morgan fingerprint density at radius 1 is 1.06 bits per heavy atom. The normalized spacial score (nSPS) is 15.8. The molecule has 0 aliphatic carbocycles. The highest BCUT2D eigenvalue weighted by molar-refractivity contribution is 5.92. The summed E-state index contributed by atoms with van der Waals surface area (Å²) in [6.45, 7) is 4.39. The number of carbonyl (C=O) groups is 2. The van der Waals surface area contributed by atoms with Gasteiger partial charge in [0.2, 0.25) is 11.8 Å². The Hall–Kier alpha value is -3.74. The number of benzene rings is 2. The van der Waals surface area contributed by atoms with Crippen molar-refractivity contribution < 1.29 is 9.59 Å². The van der Waals surface area contributed by atoms with Gasteiger partial charge in [-0.15, -0.1) is 0 Å². The minimum absolute atomic E-state index is 0.0761. The summed E-state index contributed by atoms with van der Waals surface area (Å²) in [6.07, 6.45) is 1.27. The van der Waals surface area contributed by atoms with Crippen molar-refractivity contribution >= 4 is 28.4 Å². The van der Waals surface area contributed by atoms with Gasteiger partial charge in [-0.25, -0.2) is 9.50 Å². The van der Waals surface area contributed by atoms with Crippen LogP contribution in [0.5, 0.6) is 0 Å². The number of fused-ring (bicyclic) bond motifs is 4. The summed E-state index contributed by atoms with van der Waals surface area (Å²) >= 11 is 0. The van der Waals surface area contributed by atoms with E-state index < -0.39 is 11.9 Å². The fourth-order valence-corrected chi connectivity index (χ4v) is 4.75. The van der Waals surface area contributed by atoms with E-state index >= 15 is 0 Å². The second kappa shape index (κ2) is 7.75. The van der Waals surface area contributed by atoms with E-state index in [0.717, 1.165) is 44.6 Å². The second-order valence-corrected chi connectivity index (χ2v) is 8.43. The first kappa shape index (κ1) is 20.2. The summed E-state index contributed by atoms with van der Waals surface area (Å²) in [5, 5.41) is 5.70. The molecule has 3 heterocycles. The van der Waals surface area contributed by atoms with Crippen LogP contribution in [0.2, 0.25) is 0 Å². The van der Waals surface area contributed by atoms with Crippen LogP contribution >= 0.6 is 0 Å².